The summed E-state index contributed by atoms with van der Waals surface area (Å²) in [7, 11) is 0. The molecule has 0 aromatic carbocycles. The van der Waals surface area contributed by atoms with Crippen LogP contribution < -0.4 is 21.7 Å². The van der Waals surface area contributed by atoms with Gasteiger partial charge < -0.3 is 37.0 Å². The summed E-state index contributed by atoms with van der Waals surface area (Å²) < 4.78 is 0. The zero-order valence-electron chi connectivity index (χ0n) is 14.6. The number of carbonyl (C=O) groups excluding carboxylic acids is 3. The van der Waals surface area contributed by atoms with Crippen molar-refractivity contribution in [2.24, 2.45) is 5.73 Å². The molecular weight excluding hydrogens is 368 g/mol. The minimum absolute atomic E-state index is 0.216. The lowest BCUT2D eigenvalue weighted by molar-refractivity contribution is -0.141. The number of carboxylic acid groups (broad SMARTS) is 1. The van der Waals surface area contributed by atoms with Gasteiger partial charge in [-0.25, -0.2) is 0 Å². The first-order chi connectivity index (χ1) is 12.2. The van der Waals surface area contributed by atoms with Gasteiger partial charge in [0.1, 0.15) is 24.2 Å². The van der Waals surface area contributed by atoms with Crippen molar-refractivity contribution in [3.8, 4) is 0 Å². The summed E-state index contributed by atoms with van der Waals surface area (Å²) >= 11 is 1.42. The van der Waals surface area contributed by atoms with Crippen molar-refractivity contribution in [3.63, 3.8) is 0 Å². The molecule has 12 heteroatoms. The van der Waals surface area contributed by atoms with Gasteiger partial charge in [0.25, 0.3) is 0 Å². The Morgan fingerprint density at radius 2 is 1.50 bits per heavy atom. The molecule has 4 unspecified atom stereocenters. The number of carbonyl (C=O) groups is 4. The quantitative estimate of drug-likeness (QED) is 0.177. The number of rotatable bonds is 12. The highest BCUT2D eigenvalue weighted by Crippen LogP contribution is 2.03. The van der Waals surface area contributed by atoms with Gasteiger partial charge in [0.15, 0.2) is 0 Å². The molecule has 0 saturated heterocycles. The largest absolute Gasteiger partial charge is 0.480 e. The van der Waals surface area contributed by atoms with Gasteiger partial charge in [0, 0.05) is 0 Å². The summed E-state index contributed by atoms with van der Waals surface area (Å²) in [6, 6.07) is -4.83. The van der Waals surface area contributed by atoms with E-state index in [-0.39, 0.29) is 6.42 Å². The zero-order chi connectivity index (χ0) is 20.3. The Morgan fingerprint density at radius 1 is 0.962 bits per heavy atom. The molecule has 11 nitrogen and oxygen atoms in total. The maximum atomic E-state index is 12.2. The highest BCUT2D eigenvalue weighted by molar-refractivity contribution is 7.98. The summed E-state index contributed by atoms with van der Waals surface area (Å²) in [5.41, 5.74) is 5.32. The van der Waals surface area contributed by atoms with E-state index >= 15 is 0 Å². The highest BCUT2D eigenvalue weighted by atomic mass is 32.2. The van der Waals surface area contributed by atoms with E-state index in [1.165, 1.54) is 18.7 Å². The normalized spacial score (nSPS) is 15.3. The molecule has 0 aromatic rings. The zero-order valence-corrected chi connectivity index (χ0v) is 15.4. The van der Waals surface area contributed by atoms with Crippen LogP contribution in [0.2, 0.25) is 0 Å². The number of aliphatic hydroxyl groups excluding tert-OH is 2. The number of hydrogen-bond donors (Lipinski definition) is 7. The van der Waals surface area contributed by atoms with Gasteiger partial charge in [-0.3, -0.25) is 19.2 Å². The fraction of sp³-hybridized carbons (Fsp3) is 0.714. The van der Waals surface area contributed by atoms with E-state index in [9.17, 15) is 24.3 Å². The summed E-state index contributed by atoms with van der Waals surface area (Å²) in [6.45, 7) is -0.115. The van der Waals surface area contributed by atoms with Crippen LogP contribution in [0.1, 0.15) is 13.3 Å². The van der Waals surface area contributed by atoms with Crippen LogP contribution in [0.3, 0.4) is 0 Å². The number of hydrogen-bond acceptors (Lipinski definition) is 8. The number of aliphatic hydroxyl groups is 2. The van der Waals surface area contributed by atoms with Crippen molar-refractivity contribution in [2.45, 2.75) is 37.5 Å². The predicted molar refractivity (Wildman–Crippen MR) is 94.2 cm³/mol. The molecule has 0 rings (SSSR count). The molecule has 4 atom stereocenters. The molecule has 150 valence electrons. The van der Waals surface area contributed by atoms with Gasteiger partial charge in [-0.15, -0.1) is 0 Å². The maximum absolute atomic E-state index is 12.2. The van der Waals surface area contributed by atoms with Crippen LogP contribution in [0, 0.1) is 0 Å². The molecule has 0 aliphatic rings. The highest BCUT2D eigenvalue weighted by Gasteiger charge is 2.28. The Hall–Kier alpha value is -1.89. The molecule has 0 fully saturated rings. The number of thioether (sulfide) groups is 1. The number of amides is 3. The third-order valence-electron chi connectivity index (χ3n) is 3.32. The SMILES string of the molecule is CSCCC(NC(=O)C(CO)NC(=O)C(N)CO)C(=O)NC(C)C(=O)O. The van der Waals surface area contributed by atoms with Crippen LogP contribution in [-0.2, 0) is 19.2 Å². The average molecular weight is 394 g/mol. The lowest BCUT2D eigenvalue weighted by Gasteiger charge is -2.23. The second-order valence-electron chi connectivity index (χ2n) is 5.44. The van der Waals surface area contributed by atoms with Gasteiger partial charge in [-0.2, -0.15) is 11.8 Å². The Labute approximate surface area is 155 Å². The lowest BCUT2D eigenvalue weighted by atomic mass is 10.1. The summed E-state index contributed by atoms with van der Waals surface area (Å²) in [5.74, 6) is -3.10. The Morgan fingerprint density at radius 3 is 1.96 bits per heavy atom. The van der Waals surface area contributed by atoms with Gasteiger partial charge in [-0.05, 0) is 25.4 Å². The molecule has 26 heavy (non-hydrogen) atoms. The van der Waals surface area contributed by atoms with Crippen molar-refractivity contribution in [1.82, 2.24) is 16.0 Å². The second kappa shape index (κ2) is 12.5. The molecular formula is C14H26N4O7S. The Balaban J connectivity index is 4.99. The molecule has 3 amide bonds. The predicted octanol–water partition coefficient (Wildman–Crippen LogP) is -3.39. The lowest BCUT2D eigenvalue weighted by Crippen LogP contribution is -2.58. The van der Waals surface area contributed by atoms with Crippen molar-refractivity contribution in [1.29, 1.82) is 0 Å². The Bertz CT molecular complexity index is 506. The Kier molecular flexibility index (Phi) is 11.6. The number of aliphatic carboxylic acids is 1. The van der Waals surface area contributed by atoms with Gasteiger partial charge in [-0.1, -0.05) is 0 Å². The van der Waals surface area contributed by atoms with Crippen LogP contribution in [0.15, 0.2) is 0 Å². The van der Waals surface area contributed by atoms with Crippen LogP contribution >= 0.6 is 11.8 Å². The molecule has 0 bridgehead atoms. The van der Waals surface area contributed by atoms with E-state index in [4.69, 9.17) is 15.9 Å². The van der Waals surface area contributed by atoms with Crippen LogP contribution in [0.5, 0.6) is 0 Å². The average Bonchev–Trinajstić information content (AvgIpc) is 2.61. The van der Waals surface area contributed by atoms with E-state index in [1.807, 2.05) is 0 Å². The standard InChI is InChI=1S/C14H26N4O7S/c1-7(14(24)25)16-12(22)9(3-4-26-2)17-13(23)10(6-20)18-11(21)8(15)5-19/h7-10,19-20H,3-6,15H2,1-2H3,(H,16,22)(H,17,23)(H,18,21)(H,24,25). The minimum Gasteiger partial charge on any atom is -0.480 e. The third-order valence-corrected chi connectivity index (χ3v) is 3.97. The van der Waals surface area contributed by atoms with Crippen molar-refractivity contribution in [3.05, 3.63) is 0 Å². The van der Waals surface area contributed by atoms with E-state index < -0.39 is 61.1 Å². The molecule has 0 radical (unpaired) electrons. The molecule has 8 N–H and O–H groups in total. The third kappa shape index (κ3) is 8.47. The number of carboxylic acids is 1. The van der Waals surface area contributed by atoms with Crippen molar-refractivity contribution in [2.75, 3.05) is 25.2 Å². The van der Waals surface area contributed by atoms with Crippen LogP contribution in [0.4, 0.5) is 0 Å². The van der Waals surface area contributed by atoms with E-state index in [2.05, 4.69) is 16.0 Å². The summed E-state index contributed by atoms with van der Waals surface area (Å²) in [5, 5.41) is 33.7. The summed E-state index contributed by atoms with van der Waals surface area (Å²) in [4.78, 5) is 46.9. The minimum atomic E-state index is -1.37. The molecule has 0 heterocycles. The van der Waals surface area contributed by atoms with Crippen molar-refractivity contribution >= 4 is 35.5 Å². The van der Waals surface area contributed by atoms with Crippen molar-refractivity contribution < 1.29 is 34.5 Å². The molecule has 0 aliphatic heterocycles. The first-order valence-corrected chi connectivity index (χ1v) is 9.17. The second-order valence-corrected chi connectivity index (χ2v) is 6.43. The van der Waals surface area contributed by atoms with Crippen LogP contribution in [0.25, 0.3) is 0 Å². The molecule has 0 spiro atoms. The van der Waals surface area contributed by atoms with E-state index in [0.29, 0.717) is 5.75 Å². The summed E-state index contributed by atoms with van der Waals surface area (Å²) in [6.07, 6.45) is 2.01. The maximum Gasteiger partial charge on any atom is 0.325 e. The van der Waals surface area contributed by atoms with Gasteiger partial charge >= 0.3 is 5.97 Å². The molecule has 0 aromatic heterocycles. The fourth-order valence-electron chi connectivity index (χ4n) is 1.71. The first-order valence-electron chi connectivity index (χ1n) is 7.78. The number of nitrogens with two attached hydrogens (primary N) is 1. The molecule has 0 aliphatic carbocycles. The number of nitrogens with one attached hydrogen (secondary N) is 3. The van der Waals surface area contributed by atoms with Gasteiger partial charge in [0.2, 0.25) is 17.7 Å². The molecule has 0 saturated carbocycles. The topological polar surface area (TPSA) is 191 Å². The van der Waals surface area contributed by atoms with E-state index in [1.54, 1.807) is 6.26 Å². The van der Waals surface area contributed by atoms with Gasteiger partial charge in [0.05, 0.1) is 13.2 Å². The fourth-order valence-corrected chi connectivity index (χ4v) is 2.18. The smallest absolute Gasteiger partial charge is 0.325 e. The van der Waals surface area contributed by atoms with Crippen LogP contribution in [-0.4, -0.2) is 88.4 Å². The van der Waals surface area contributed by atoms with E-state index in [0.717, 1.165) is 0 Å². The first kappa shape index (κ1) is 24.1. The monoisotopic (exact) mass is 394 g/mol.